The molecule has 0 saturated carbocycles. The monoisotopic (exact) mass is 378 g/mol. The Labute approximate surface area is 149 Å². The van der Waals surface area contributed by atoms with Gasteiger partial charge >= 0.3 is 6.55 Å². The maximum Gasteiger partial charge on any atom is 0.320 e. The van der Waals surface area contributed by atoms with Gasteiger partial charge in [0, 0.05) is 4.88 Å². The number of hydrogen-bond donors (Lipinski definition) is 0. The average Bonchev–Trinajstić information content (AvgIpc) is 3.32. The van der Waals surface area contributed by atoms with Gasteiger partial charge in [-0.2, -0.15) is 8.78 Å². The van der Waals surface area contributed by atoms with Gasteiger partial charge in [0.15, 0.2) is 0 Å². The minimum atomic E-state index is -2.65. The van der Waals surface area contributed by atoms with E-state index in [1.54, 1.807) is 40.3 Å². The van der Waals surface area contributed by atoms with Crippen molar-refractivity contribution < 1.29 is 8.78 Å². The smallest absolute Gasteiger partial charge is 0.269 e. The van der Waals surface area contributed by atoms with E-state index in [0.717, 1.165) is 9.44 Å². The third-order valence-electron chi connectivity index (χ3n) is 3.58. The largest absolute Gasteiger partial charge is 0.320 e. The molecule has 6 nitrogen and oxygen atoms in total. The molecule has 128 valence electrons. The number of rotatable bonds is 6. The lowest BCUT2D eigenvalue weighted by atomic mass is 10.3. The molecule has 0 bridgehead atoms. The second kappa shape index (κ2) is 6.89. The number of para-hydroxylation sites is 2. The standard InChI is InChI=1S/C15H12F2N6S2/c16-14(17)23-12-6-2-1-5-11(12)18-13(23)9-25-15-19-20-21-22(15)8-10-4-3-7-24-10/h1-7,14H,8-9H2. The van der Waals surface area contributed by atoms with Crippen LogP contribution in [0.15, 0.2) is 46.9 Å². The van der Waals surface area contributed by atoms with Crippen LogP contribution in [0.4, 0.5) is 8.78 Å². The summed E-state index contributed by atoms with van der Waals surface area (Å²) in [6.45, 7) is -2.09. The number of tetrazole rings is 1. The van der Waals surface area contributed by atoms with E-state index in [-0.39, 0.29) is 5.75 Å². The quantitative estimate of drug-likeness (QED) is 0.477. The summed E-state index contributed by atoms with van der Waals surface area (Å²) in [6.07, 6.45) is 0. The van der Waals surface area contributed by atoms with E-state index in [0.29, 0.717) is 28.6 Å². The predicted octanol–water partition coefficient (Wildman–Crippen LogP) is 3.82. The van der Waals surface area contributed by atoms with Crippen molar-refractivity contribution in [1.82, 2.24) is 29.8 Å². The van der Waals surface area contributed by atoms with Crippen molar-refractivity contribution in [2.45, 2.75) is 24.0 Å². The second-order valence-electron chi connectivity index (χ2n) is 5.15. The highest BCUT2D eigenvalue weighted by Crippen LogP contribution is 2.27. The lowest BCUT2D eigenvalue weighted by Crippen LogP contribution is -2.05. The second-order valence-corrected chi connectivity index (χ2v) is 7.13. The zero-order valence-corrected chi connectivity index (χ0v) is 14.4. The number of imidazole rings is 1. The highest BCUT2D eigenvalue weighted by atomic mass is 32.2. The third-order valence-corrected chi connectivity index (χ3v) is 5.39. The van der Waals surface area contributed by atoms with Crippen molar-refractivity contribution in [1.29, 1.82) is 0 Å². The van der Waals surface area contributed by atoms with Crippen molar-refractivity contribution in [3.05, 3.63) is 52.5 Å². The van der Waals surface area contributed by atoms with Crippen LogP contribution in [-0.2, 0) is 12.3 Å². The summed E-state index contributed by atoms with van der Waals surface area (Å²) in [4.78, 5) is 5.44. The molecule has 0 unspecified atom stereocenters. The zero-order valence-electron chi connectivity index (χ0n) is 12.8. The van der Waals surface area contributed by atoms with E-state index in [2.05, 4.69) is 20.5 Å². The van der Waals surface area contributed by atoms with Gasteiger partial charge in [0.1, 0.15) is 5.82 Å². The molecule has 0 saturated heterocycles. The predicted molar refractivity (Wildman–Crippen MR) is 91.8 cm³/mol. The van der Waals surface area contributed by atoms with Crippen LogP contribution in [0.25, 0.3) is 11.0 Å². The van der Waals surface area contributed by atoms with Gasteiger partial charge in [-0.05, 0) is 34.0 Å². The number of fused-ring (bicyclic) bond motifs is 1. The fourth-order valence-corrected chi connectivity index (χ4v) is 3.98. The number of hydrogen-bond acceptors (Lipinski definition) is 6. The first-order valence-corrected chi connectivity index (χ1v) is 9.24. The van der Waals surface area contributed by atoms with E-state index in [1.807, 2.05) is 17.5 Å². The van der Waals surface area contributed by atoms with Crippen LogP contribution in [-0.4, -0.2) is 29.8 Å². The van der Waals surface area contributed by atoms with Gasteiger partial charge in [-0.1, -0.05) is 30.0 Å². The lowest BCUT2D eigenvalue weighted by molar-refractivity contribution is 0.0722. The summed E-state index contributed by atoms with van der Waals surface area (Å²) in [7, 11) is 0. The van der Waals surface area contributed by atoms with Gasteiger partial charge in [0.2, 0.25) is 5.16 Å². The van der Waals surface area contributed by atoms with Crippen molar-refractivity contribution in [2.24, 2.45) is 0 Å². The number of alkyl halides is 2. The molecule has 0 aliphatic heterocycles. The molecule has 1 aromatic carbocycles. The van der Waals surface area contributed by atoms with E-state index in [9.17, 15) is 8.78 Å². The maximum absolute atomic E-state index is 13.5. The number of thioether (sulfide) groups is 1. The van der Waals surface area contributed by atoms with Gasteiger partial charge < -0.3 is 0 Å². The van der Waals surface area contributed by atoms with E-state index >= 15 is 0 Å². The van der Waals surface area contributed by atoms with E-state index in [4.69, 9.17) is 0 Å². The molecule has 0 aliphatic rings. The molecule has 0 atom stereocenters. The van der Waals surface area contributed by atoms with Crippen molar-refractivity contribution in [3.63, 3.8) is 0 Å². The van der Waals surface area contributed by atoms with Crippen LogP contribution in [0.3, 0.4) is 0 Å². The van der Waals surface area contributed by atoms with Gasteiger partial charge in [0.05, 0.1) is 23.3 Å². The Kier molecular flexibility index (Phi) is 4.45. The molecular formula is C15H12F2N6S2. The van der Waals surface area contributed by atoms with E-state index in [1.165, 1.54) is 11.8 Å². The summed E-state index contributed by atoms with van der Waals surface area (Å²) in [5.74, 6) is 0.552. The van der Waals surface area contributed by atoms with Crippen LogP contribution >= 0.6 is 23.1 Å². The molecule has 3 aromatic heterocycles. The Morgan fingerprint density at radius 3 is 2.84 bits per heavy atom. The summed E-state index contributed by atoms with van der Waals surface area (Å²) in [5, 5.41) is 14.2. The molecule has 0 aliphatic carbocycles. The summed E-state index contributed by atoms with van der Waals surface area (Å²) in [5.41, 5.74) is 0.975. The fourth-order valence-electron chi connectivity index (χ4n) is 2.49. The van der Waals surface area contributed by atoms with Crippen LogP contribution < -0.4 is 0 Å². The van der Waals surface area contributed by atoms with Crippen LogP contribution in [0.5, 0.6) is 0 Å². The Morgan fingerprint density at radius 1 is 1.16 bits per heavy atom. The molecule has 0 spiro atoms. The van der Waals surface area contributed by atoms with Gasteiger partial charge in [-0.3, -0.25) is 4.57 Å². The summed E-state index contributed by atoms with van der Waals surface area (Å²) < 4.78 is 29.5. The fraction of sp³-hybridized carbons (Fsp3) is 0.200. The third kappa shape index (κ3) is 3.27. The Bertz CT molecular complexity index is 979. The Hall–Kier alpha value is -2.33. The number of nitrogens with zero attached hydrogens (tertiary/aromatic N) is 6. The molecule has 4 aromatic rings. The van der Waals surface area contributed by atoms with Crippen molar-refractivity contribution in [2.75, 3.05) is 0 Å². The minimum absolute atomic E-state index is 0.254. The average molecular weight is 378 g/mol. The van der Waals surface area contributed by atoms with Crippen molar-refractivity contribution >= 4 is 34.1 Å². The first kappa shape index (κ1) is 16.2. The van der Waals surface area contributed by atoms with Crippen LogP contribution in [0.1, 0.15) is 17.3 Å². The minimum Gasteiger partial charge on any atom is -0.269 e. The Balaban J connectivity index is 1.57. The number of halogens is 2. The molecular weight excluding hydrogens is 366 g/mol. The van der Waals surface area contributed by atoms with Crippen molar-refractivity contribution in [3.8, 4) is 0 Å². The topological polar surface area (TPSA) is 61.4 Å². The molecule has 25 heavy (non-hydrogen) atoms. The highest BCUT2D eigenvalue weighted by molar-refractivity contribution is 7.98. The molecule has 0 amide bonds. The highest BCUT2D eigenvalue weighted by Gasteiger charge is 2.18. The number of benzene rings is 1. The molecule has 0 radical (unpaired) electrons. The first-order valence-electron chi connectivity index (χ1n) is 7.37. The maximum atomic E-state index is 13.5. The normalized spacial score (nSPS) is 11.6. The van der Waals surface area contributed by atoms with Crippen LogP contribution in [0, 0.1) is 0 Å². The summed E-state index contributed by atoms with van der Waals surface area (Å²) >= 11 is 2.90. The first-order chi connectivity index (χ1) is 12.2. The number of thiophene rings is 1. The van der Waals surface area contributed by atoms with Gasteiger partial charge in [-0.15, -0.1) is 16.4 Å². The lowest BCUT2D eigenvalue weighted by Gasteiger charge is -2.07. The molecule has 0 N–H and O–H groups in total. The molecule has 10 heteroatoms. The zero-order chi connectivity index (χ0) is 17.2. The van der Waals surface area contributed by atoms with E-state index < -0.39 is 6.55 Å². The molecule has 4 rings (SSSR count). The van der Waals surface area contributed by atoms with Gasteiger partial charge in [0.25, 0.3) is 0 Å². The molecule has 0 fully saturated rings. The van der Waals surface area contributed by atoms with Crippen LogP contribution in [0.2, 0.25) is 0 Å². The SMILES string of the molecule is FC(F)n1c(CSc2nnnn2Cc2cccs2)nc2ccccc21. The molecule has 3 heterocycles. The Morgan fingerprint density at radius 2 is 2.04 bits per heavy atom. The number of aromatic nitrogens is 6. The summed E-state index contributed by atoms with van der Waals surface area (Å²) in [6, 6.07) is 10.8. The van der Waals surface area contributed by atoms with Gasteiger partial charge in [-0.25, -0.2) is 9.67 Å².